The molecule has 0 radical (unpaired) electrons. The van der Waals surface area contributed by atoms with Gasteiger partial charge >= 0.3 is 5.97 Å². The summed E-state index contributed by atoms with van der Waals surface area (Å²) in [5.74, 6) is -4.28. The second-order valence-corrected chi connectivity index (χ2v) is 9.84. The van der Waals surface area contributed by atoms with Crippen LogP contribution in [0.1, 0.15) is 5.56 Å². The van der Waals surface area contributed by atoms with E-state index in [0.717, 1.165) is 30.3 Å². The maximum absolute atomic E-state index is 12.3. The standard InChI is InChI=1S/C30H26O14/c31-15-4-1-13(2-5-15)3-6-24(36)41-12-23-26(38)27(39)28(40)30(44-23)43-22-11-17-18(33)9-16(32)10-21(17)42-29(22)14-7-19(34)25(37)20(35)8-14/h1-11,23,26-28,30-31,33-35,37-40H,12H2/t23-,26-,27+,28-,30-/m1/s1. The summed E-state index contributed by atoms with van der Waals surface area (Å²) in [4.78, 5) is 24.2. The Balaban J connectivity index is 1.42. The van der Waals surface area contributed by atoms with Crippen molar-refractivity contribution >= 4 is 12.0 Å². The minimum absolute atomic E-state index is 0.0210. The van der Waals surface area contributed by atoms with Gasteiger partial charge in [-0.15, -0.1) is 0 Å². The van der Waals surface area contributed by atoms with Gasteiger partial charge in [0.05, 0.1) is 5.56 Å². The predicted molar refractivity (Wildman–Crippen MR) is 149 cm³/mol. The molecule has 0 bridgehead atoms. The van der Waals surface area contributed by atoms with Gasteiger partial charge in [0, 0.05) is 23.8 Å². The van der Waals surface area contributed by atoms with Gasteiger partial charge in [-0.2, -0.15) is 0 Å². The van der Waals surface area contributed by atoms with Crippen LogP contribution in [-0.4, -0.2) is 84.1 Å². The molecule has 0 amide bonds. The number of ether oxygens (including phenoxy) is 3. The lowest BCUT2D eigenvalue weighted by Crippen LogP contribution is -2.60. The second kappa shape index (κ2) is 12.1. The topological polar surface area (TPSA) is 237 Å². The minimum atomic E-state index is -1.87. The molecular weight excluding hydrogens is 584 g/mol. The highest BCUT2D eigenvalue weighted by Gasteiger charge is 2.46. The van der Waals surface area contributed by atoms with Crippen LogP contribution in [-0.2, 0) is 14.3 Å². The molecular formula is C30H26O14. The van der Waals surface area contributed by atoms with Crippen molar-refractivity contribution in [3.8, 4) is 57.1 Å². The van der Waals surface area contributed by atoms with Gasteiger partial charge in [0.1, 0.15) is 48.3 Å². The van der Waals surface area contributed by atoms with Gasteiger partial charge in [0.15, 0.2) is 34.2 Å². The molecule has 3 aliphatic rings. The lowest BCUT2D eigenvalue weighted by atomic mass is 9.99. The normalized spacial score (nSPS) is 21.8. The maximum Gasteiger partial charge on any atom is 0.330 e. The van der Waals surface area contributed by atoms with Crippen LogP contribution in [0.4, 0.5) is 0 Å². The molecule has 2 heterocycles. The molecule has 44 heavy (non-hydrogen) atoms. The first kappa shape index (κ1) is 30.2. The van der Waals surface area contributed by atoms with Crippen molar-refractivity contribution in [1.29, 1.82) is 0 Å². The first-order valence-corrected chi connectivity index (χ1v) is 13.0. The summed E-state index contributed by atoms with van der Waals surface area (Å²) in [7, 11) is 0. The number of phenols is 5. The number of rotatable bonds is 7. The first-order valence-electron chi connectivity index (χ1n) is 13.0. The van der Waals surface area contributed by atoms with E-state index in [1.54, 1.807) is 12.1 Å². The number of carbonyl (C=O) groups is 1. The summed E-state index contributed by atoms with van der Waals surface area (Å²) in [5.41, 5.74) is -0.118. The predicted octanol–water partition coefficient (Wildman–Crippen LogP) is 1.38. The molecule has 5 atom stereocenters. The van der Waals surface area contributed by atoms with Crippen LogP contribution < -0.4 is 10.2 Å². The van der Waals surface area contributed by atoms with E-state index in [-0.39, 0.29) is 34.1 Å². The molecule has 1 aliphatic carbocycles. The number of aromatic hydroxyl groups is 5. The largest absolute Gasteiger partial charge is 0.508 e. The summed E-state index contributed by atoms with van der Waals surface area (Å²) in [6.45, 7) is -0.578. The molecule has 8 N–H and O–H groups in total. The Morgan fingerprint density at radius 1 is 0.841 bits per heavy atom. The van der Waals surface area contributed by atoms with Crippen LogP contribution in [0.25, 0.3) is 28.7 Å². The van der Waals surface area contributed by atoms with Crippen molar-refractivity contribution in [3.63, 3.8) is 0 Å². The minimum Gasteiger partial charge on any atom is -0.508 e. The third kappa shape index (κ3) is 6.23. The van der Waals surface area contributed by atoms with E-state index in [9.17, 15) is 50.4 Å². The maximum atomic E-state index is 12.3. The third-order valence-electron chi connectivity index (χ3n) is 6.74. The Labute approximate surface area is 247 Å². The Morgan fingerprint density at radius 2 is 1.52 bits per heavy atom. The molecule has 5 rings (SSSR count). The molecule has 2 aromatic rings. The van der Waals surface area contributed by atoms with Crippen LogP contribution in [0, 0.1) is 0 Å². The van der Waals surface area contributed by atoms with Gasteiger partial charge in [-0.1, -0.05) is 12.1 Å². The first-order chi connectivity index (χ1) is 20.9. The molecule has 2 aromatic carbocycles. The fourth-order valence-corrected chi connectivity index (χ4v) is 4.44. The Kier molecular flexibility index (Phi) is 8.33. The van der Waals surface area contributed by atoms with Crippen molar-refractivity contribution in [2.24, 2.45) is 0 Å². The SMILES string of the molecule is O=C(C=Cc1ccc(O)cc1)OC[C@H]1O[C@@H](Oc2cc3c(O)cc(=O)cc-3oc2-c2cc(O)c(O)c(O)c2)[C@H](O)[C@@H](O)[C@@H]1O. The van der Waals surface area contributed by atoms with Crippen LogP contribution in [0.3, 0.4) is 0 Å². The van der Waals surface area contributed by atoms with Crippen LogP contribution in [0.15, 0.2) is 69.9 Å². The quantitative estimate of drug-likeness (QED) is 0.0839. The fourth-order valence-electron chi connectivity index (χ4n) is 4.44. The number of hydrogen-bond acceptors (Lipinski definition) is 14. The molecule has 0 aromatic heterocycles. The number of fused-ring (bicyclic) bond motifs is 1. The van der Waals surface area contributed by atoms with E-state index in [0.29, 0.717) is 5.56 Å². The van der Waals surface area contributed by atoms with Gasteiger partial charge in [0.2, 0.25) is 6.29 Å². The fraction of sp³-hybridized carbons (Fsp3) is 0.200. The van der Waals surface area contributed by atoms with Crippen LogP contribution in [0.2, 0.25) is 0 Å². The Morgan fingerprint density at radius 3 is 2.20 bits per heavy atom. The molecule has 1 fully saturated rings. The van der Waals surface area contributed by atoms with Gasteiger partial charge in [-0.05, 0) is 42.0 Å². The number of hydrogen-bond donors (Lipinski definition) is 8. The number of benzene rings is 3. The lowest BCUT2D eigenvalue weighted by molar-refractivity contribution is -0.278. The highest BCUT2D eigenvalue weighted by Crippen LogP contribution is 2.45. The van der Waals surface area contributed by atoms with Gasteiger partial charge in [-0.3, -0.25) is 4.79 Å². The van der Waals surface area contributed by atoms with E-state index in [2.05, 4.69) is 0 Å². The van der Waals surface area contributed by atoms with E-state index in [1.165, 1.54) is 24.3 Å². The highest BCUT2D eigenvalue weighted by atomic mass is 16.7. The van der Waals surface area contributed by atoms with Crippen molar-refractivity contribution in [2.45, 2.75) is 30.7 Å². The monoisotopic (exact) mass is 610 g/mol. The lowest BCUT2D eigenvalue weighted by Gasteiger charge is -2.40. The summed E-state index contributed by atoms with van der Waals surface area (Å²) in [5, 5.41) is 81.2. The summed E-state index contributed by atoms with van der Waals surface area (Å²) >= 11 is 0. The highest BCUT2D eigenvalue weighted by molar-refractivity contribution is 5.87. The van der Waals surface area contributed by atoms with Crippen LogP contribution in [0.5, 0.6) is 34.5 Å². The summed E-state index contributed by atoms with van der Waals surface area (Å²) in [6.07, 6.45) is -6.06. The molecule has 14 heteroatoms. The molecule has 1 saturated heterocycles. The molecule has 230 valence electrons. The summed E-state index contributed by atoms with van der Waals surface area (Å²) in [6, 6.07) is 11.1. The Bertz CT molecular complexity index is 1700. The molecule has 14 nitrogen and oxygen atoms in total. The van der Waals surface area contributed by atoms with Crippen molar-refractivity contribution in [1.82, 2.24) is 0 Å². The smallest absolute Gasteiger partial charge is 0.330 e. The second-order valence-electron chi connectivity index (χ2n) is 9.84. The van der Waals surface area contributed by atoms with Crippen molar-refractivity contribution in [2.75, 3.05) is 6.61 Å². The number of esters is 1. The molecule has 0 saturated carbocycles. The van der Waals surface area contributed by atoms with Gasteiger partial charge in [0.25, 0.3) is 0 Å². The van der Waals surface area contributed by atoms with E-state index >= 15 is 0 Å². The zero-order valence-electron chi connectivity index (χ0n) is 22.5. The average Bonchev–Trinajstić information content (AvgIpc) is 2.98. The number of aliphatic hydroxyl groups excluding tert-OH is 3. The molecule has 0 spiro atoms. The number of phenolic OH excluding ortho intramolecular Hbond substituents is 5. The van der Waals surface area contributed by atoms with Crippen molar-refractivity contribution in [3.05, 3.63) is 76.5 Å². The van der Waals surface area contributed by atoms with E-state index in [1.807, 2.05) is 0 Å². The van der Waals surface area contributed by atoms with Crippen molar-refractivity contribution < 1.29 is 64.3 Å². The molecule has 0 unspecified atom stereocenters. The average molecular weight is 611 g/mol. The van der Waals surface area contributed by atoms with E-state index in [4.69, 9.17) is 18.6 Å². The molecule has 2 aliphatic heterocycles. The number of carbonyl (C=O) groups excluding carboxylic acids is 1. The number of aliphatic hydroxyl groups is 3. The summed E-state index contributed by atoms with van der Waals surface area (Å²) < 4.78 is 22.3. The zero-order valence-corrected chi connectivity index (χ0v) is 22.5. The zero-order chi connectivity index (χ0) is 31.7. The van der Waals surface area contributed by atoms with Crippen LogP contribution >= 0.6 is 0 Å². The Hall–Kier alpha value is -5.28. The van der Waals surface area contributed by atoms with Gasteiger partial charge in [-0.25, -0.2) is 4.79 Å². The van der Waals surface area contributed by atoms with E-state index < -0.39 is 71.7 Å². The van der Waals surface area contributed by atoms with Gasteiger partial charge < -0.3 is 59.5 Å². The third-order valence-corrected chi connectivity index (χ3v) is 6.74.